The Bertz CT molecular complexity index is 727. The van der Waals surface area contributed by atoms with Crippen molar-refractivity contribution in [1.29, 1.82) is 0 Å². The second-order valence-corrected chi connectivity index (χ2v) is 7.15. The Hall–Kier alpha value is -2.48. The summed E-state index contributed by atoms with van der Waals surface area (Å²) in [5.74, 6) is 1.63. The molecule has 2 fully saturated rings. The Labute approximate surface area is 159 Å². The number of nitrogens with one attached hydrogen (secondary N) is 1. The maximum atomic E-state index is 5.90. The van der Waals surface area contributed by atoms with Gasteiger partial charge in [-0.1, -0.05) is 0 Å². The van der Waals surface area contributed by atoms with Crippen LogP contribution in [0.3, 0.4) is 0 Å². The quantitative estimate of drug-likeness (QED) is 0.857. The van der Waals surface area contributed by atoms with E-state index in [1.54, 1.807) is 12.4 Å². The zero-order valence-corrected chi connectivity index (χ0v) is 15.7. The molecular formula is C19H26N6O2. The van der Waals surface area contributed by atoms with Crippen LogP contribution in [0.15, 0.2) is 24.7 Å². The van der Waals surface area contributed by atoms with Crippen LogP contribution in [-0.2, 0) is 4.74 Å². The molecule has 8 nitrogen and oxygen atoms in total. The number of rotatable bonds is 5. The fraction of sp³-hybridized carbons (Fsp3) is 0.579. The van der Waals surface area contributed by atoms with Crippen molar-refractivity contribution in [3.8, 4) is 6.01 Å². The number of hydrogen-bond donors (Lipinski definition) is 1. The molecule has 0 amide bonds. The summed E-state index contributed by atoms with van der Waals surface area (Å²) in [7, 11) is 0. The highest BCUT2D eigenvalue weighted by Gasteiger charge is 2.23. The normalized spacial score (nSPS) is 21.1. The van der Waals surface area contributed by atoms with Crippen molar-refractivity contribution < 1.29 is 9.47 Å². The first-order valence-electron chi connectivity index (χ1n) is 9.64. The average molecular weight is 370 g/mol. The van der Waals surface area contributed by atoms with Crippen LogP contribution >= 0.6 is 0 Å². The molecule has 2 aromatic heterocycles. The Morgan fingerprint density at radius 3 is 2.70 bits per heavy atom. The minimum absolute atomic E-state index is 0.129. The lowest BCUT2D eigenvalue weighted by Crippen LogP contribution is -2.39. The van der Waals surface area contributed by atoms with Crippen LogP contribution in [0, 0.1) is 6.92 Å². The standard InChI is InChI=1S/C19H26N6O2/c1-14-11-21-19(22-12-14)27-16-5-8-25(9-6-16)18-20-7-4-17(24-18)23-15-3-2-10-26-13-15/h4,7,11-12,15-16H,2-3,5-6,8-10,13H2,1H3,(H,20,23,24). The highest BCUT2D eigenvalue weighted by Crippen LogP contribution is 2.21. The fourth-order valence-corrected chi connectivity index (χ4v) is 3.41. The predicted octanol–water partition coefficient (Wildman–Crippen LogP) is 2.21. The van der Waals surface area contributed by atoms with Crippen molar-refractivity contribution in [3.05, 3.63) is 30.2 Å². The van der Waals surface area contributed by atoms with Gasteiger partial charge in [0.05, 0.1) is 12.6 Å². The Morgan fingerprint density at radius 1 is 1.15 bits per heavy atom. The van der Waals surface area contributed by atoms with Crippen molar-refractivity contribution in [1.82, 2.24) is 19.9 Å². The number of anilines is 2. The van der Waals surface area contributed by atoms with E-state index >= 15 is 0 Å². The number of piperidine rings is 1. The van der Waals surface area contributed by atoms with Gasteiger partial charge in [0.15, 0.2) is 0 Å². The molecule has 1 atom stereocenters. The number of aromatic nitrogens is 4. The lowest BCUT2D eigenvalue weighted by molar-refractivity contribution is 0.0875. The molecule has 4 rings (SSSR count). The number of aryl methyl sites for hydroxylation is 1. The molecule has 8 heteroatoms. The van der Waals surface area contributed by atoms with Crippen molar-refractivity contribution >= 4 is 11.8 Å². The zero-order chi connectivity index (χ0) is 18.5. The maximum absolute atomic E-state index is 5.90. The van der Waals surface area contributed by atoms with Gasteiger partial charge in [-0.3, -0.25) is 0 Å². The SMILES string of the molecule is Cc1cnc(OC2CCN(c3nccc(NC4CCCOC4)n3)CC2)nc1. The highest BCUT2D eigenvalue weighted by molar-refractivity contribution is 5.42. The zero-order valence-electron chi connectivity index (χ0n) is 15.7. The monoisotopic (exact) mass is 370 g/mol. The summed E-state index contributed by atoms with van der Waals surface area (Å²) in [5.41, 5.74) is 1.03. The fourth-order valence-electron chi connectivity index (χ4n) is 3.41. The van der Waals surface area contributed by atoms with Crippen LogP contribution in [0.2, 0.25) is 0 Å². The third kappa shape index (κ3) is 4.82. The molecule has 2 aliphatic rings. The number of ether oxygens (including phenoxy) is 2. The van der Waals surface area contributed by atoms with Crippen LogP contribution in [0.25, 0.3) is 0 Å². The molecule has 1 unspecified atom stereocenters. The van der Waals surface area contributed by atoms with E-state index in [4.69, 9.17) is 14.5 Å². The number of nitrogens with zero attached hydrogens (tertiary/aromatic N) is 5. The molecule has 0 aromatic carbocycles. The van der Waals surface area contributed by atoms with Gasteiger partial charge in [0.1, 0.15) is 11.9 Å². The smallest absolute Gasteiger partial charge is 0.316 e. The second-order valence-electron chi connectivity index (χ2n) is 7.15. The van der Waals surface area contributed by atoms with Gasteiger partial charge in [-0.25, -0.2) is 15.0 Å². The van der Waals surface area contributed by atoms with E-state index in [0.29, 0.717) is 12.1 Å². The van der Waals surface area contributed by atoms with Gasteiger partial charge in [0, 0.05) is 51.1 Å². The van der Waals surface area contributed by atoms with Crippen LogP contribution < -0.4 is 15.0 Å². The van der Waals surface area contributed by atoms with E-state index in [1.165, 1.54) is 0 Å². The summed E-state index contributed by atoms with van der Waals surface area (Å²) in [6.07, 6.45) is 9.50. The molecule has 144 valence electrons. The third-order valence-corrected chi connectivity index (χ3v) is 4.91. The molecule has 27 heavy (non-hydrogen) atoms. The van der Waals surface area contributed by atoms with E-state index in [0.717, 1.165) is 69.3 Å². The Kier molecular flexibility index (Phi) is 5.62. The van der Waals surface area contributed by atoms with Crippen LogP contribution in [0.1, 0.15) is 31.2 Å². The van der Waals surface area contributed by atoms with Crippen LogP contribution in [-0.4, -0.2) is 58.4 Å². The van der Waals surface area contributed by atoms with E-state index in [1.807, 2.05) is 19.2 Å². The van der Waals surface area contributed by atoms with Crippen molar-refractivity contribution in [2.45, 2.75) is 44.8 Å². The molecule has 1 N–H and O–H groups in total. The molecule has 2 saturated heterocycles. The minimum Gasteiger partial charge on any atom is -0.460 e. The van der Waals surface area contributed by atoms with Gasteiger partial charge >= 0.3 is 6.01 Å². The molecule has 0 bridgehead atoms. The molecular weight excluding hydrogens is 344 g/mol. The van der Waals surface area contributed by atoms with Crippen molar-refractivity contribution in [3.63, 3.8) is 0 Å². The van der Waals surface area contributed by atoms with Gasteiger partial charge in [-0.15, -0.1) is 0 Å². The summed E-state index contributed by atoms with van der Waals surface area (Å²) in [6, 6.07) is 2.70. The van der Waals surface area contributed by atoms with E-state index in [-0.39, 0.29) is 6.10 Å². The van der Waals surface area contributed by atoms with E-state index in [9.17, 15) is 0 Å². The Morgan fingerprint density at radius 2 is 1.96 bits per heavy atom. The molecule has 2 aliphatic heterocycles. The summed E-state index contributed by atoms with van der Waals surface area (Å²) >= 11 is 0. The van der Waals surface area contributed by atoms with Crippen LogP contribution in [0.4, 0.5) is 11.8 Å². The Balaban J connectivity index is 1.31. The average Bonchev–Trinajstić information content (AvgIpc) is 2.71. The second kappa shape index (κ2) is 8.47. The lowest BCUT2D eigenvalue weighted by atomic mass is 10.1. The molecule has 0 saturated carbocycles. The summed E-state index contributed by atoms with van der Waals surface area (Å²) in [6.45, 7) is 5.27. The first kappa shape index (κ1) is 17.9. The van der Waals surface area contributed by atoms with Crippen molar-refractivity contribution in [2.75, 3.05) is 36.5 Å². The first-order chi connectivity index (χ1) is 13.3. The molecule has 0 radical (unpaired) electrons. The summed E-state index contributed by atoms with van der Waals surface area (Å²) in [5, 5.41) is 3.46. The lowest BCUT2D eigenvalue weighted by Gasteiger charge is -2.32. The van der Waals surface area contributed by atoms with Crippen molar-refractivity contribution in [2.24, 2.45) is 0 Å². The van der Waals surface area contributed by atoms with Gasteiger partial charge in [0.25, 0.3) is 0 Å². The van der Waals surface area contributed by atoms with Gasteiger partial charge in [0.2, 0.25) is 5.95 Å². The molecule has 4 heterocycles. The van der Waals surface area contributed by atoms with Gasteiger partial charge < -0.3 is 19.7 Å². The predicted molar refractivity (Wildman–Crippen MR) is 102 cm³/mol. The van der Waals surface area contributed by atoms with Crippen LogP contribution in [0.5, 0.6) is 6.01 Å². The molecule has 0 aliphatic carbocycles. The van der Waals surface area contributed by atoms with E-state index in [2.05, 4.69) is 25.2 Å². The van der Waals surface area contributed by atoms with E-state index < -0.39 is 0 Å². The van der Waals surface area contributed by atoms with Gasteiger partial charge in [-0.2, -0.15) is 4.98 Å². The number of hydrogen-bond acceptors (Lipinski definition) is 8. The highest BCUT2D eigenvalue weighted by atomic mass is 16.5. The first-order valence-corrected chi connectivity index (χ1v) is 9.64. The minimum atomic E-state index is 0.129. The molecule has 2 aromatic rings. The summed E-state index contributed by atoms with van der Waals surface area (Å²) in [4.78, 5) is 19.8. The largest absolute Gasteiger partial charge is 0.460 e. The topological polar surface area (TPSA) is 85.3 Å². The van der Waals surface area contributed by atoms with Gasteiger partial charge in [-0.05, 0) is 31.4 Å². The molecule has 0 spiro atoms. The third-order valence-electron chi connectivity index (χ3n) is 4.91. The summed E-state index contributed by atoms with van der Waals surface area (Å²) < 4.78 is 11.4. The maximum Gasteiger partial charge on any atom is 0.316 e.